The fraction of sp³-hybridized carbons (Fsp3) is 0.636. The smallest absolute Gasteiger partial charge is 0.311 e. The van der Waals surface area contributed by atoms with Crippen molar-refractivity contribution in [2.24, 2.45) is 17.8 Å². The SMILES string of the molecule is C/C=C/c1ccc2n(c1=O)C[C@@H]1[C@@H](CO)[C@H](C(=O)OC)[C@H]2N1CC1CCOCC1. The lowest BCUT2D eigenvalue weighted by Gasteiger charge is -2.40. The topological polar surface area (TPSA) is 81.0 Å². The van der Waals surface area contributed by atoms with E-state index in [9.17, 15) is 14.7 Å². The standard InChI is InChI=1S/C22H30N2O5/c1-3-4-15-5-6-17-20-19(22(27)28-2)16(13-25)18(12-24(17)21(15)26)23(20)11-14-7-9-29-10-8-14/h3-6,14,16,18-20,25H,7-13H2,1-2H3/b4-3+/t16-,18-,19+,20+/m1/s1. The molecule has 0 saturated carbocycles. The van der Waals surface area contributed by atoms with Crippen molar-refractivity contribution in [1.29, 1.82) is 0 Å². The van der Waals surface area contributed by atoms with Crippen LogP contribution >= 0.6 is 0 Å². The first kappa shape index (κ1) is 20.3. The van der Waals surface area contributed by atoms with E-state index < -0.39 is 5.92 Å². The van der Waals surface area contributed by atoms with Gasteiger partial charge in [0.1, 0.15) is 0 Å². The minimum Gasteiger partial charge on any atom is -0.469 e. The summed E-state index contributed by atoms with van der Waals surface area (Å²) < 4.78 is 12.4. The molecule has 0 radical (unpaired) electrons. The normalized spacial score (nSPS) is 29.9. The van der Waals surface area contributed by atoms with Gasteiger partial charge in [-0.25, -0.2) is 0 Å². The highest BCUT2D eigenvalue weighted by atomic mass is 16.5. The summed E-state index contributed by atoms with van der Waals surface area (Å²) in [5, 5.41) is 10.2. The van der Waals surface area contributed by atoms with E-state index in [1.54, 1.807) is 4.57 Å². The number of hydrogen-bond acceptors (Lipinski definition) is 6. The highest BCUT2D eigenvalue weighted by Crippen LogP contribution is 2.49. The maximum atomic E-state index is 13.1. The summed E-state index contributed by atoms with van der Waals surface area (Å²) in [4.78, 5) is 28.2. The van der Waals surface area contributed by atoms with Gasteiger partial charge in [-0.15, -0.1) is 0 Å². The van der Waals surface area contributed by atoms with Crippen LogP contribution in [0.1, 0.15) is 37.1 Å². The third-order valence-electron chi connectivity index (χ3n) is 6.83. The zero-order valence-electron chi connectivity index (χ0n) is 17.1. The minimum atomic E-state index is -0.476. The molecular weight excluding hydrogens is 372 g/mol. The van der Waals surface area contributed by atoms with Crippen LogP contribution in [0.3, 0.4) is 0 Å². The number of aromatic nitrogens is 1. The monoisotopic (exact) mass is 402 g/mol. The molecule has 1 aromatic heterocycles. The van der Waals surface area contributed by atoms with Gasteiger partial charge in [0.15, 0.2) is 0 Å². The third-order valence-corrected chi connectivity index (χ3v) is 6.83. The fourth-order valence-electron chi connectivity index (χ4n) is 5.43. The van der Waals surface area contributed by atoms with E-state index in [4.69, 9.17) is 9.47 Å². The lowest BCUT2D eigenvalue weighted by molar-refractivity contribution is -0.148. The molecule has 0 aliphatic carbocycles. The molecule has 4 atom stereocenters. The number of carbonyl (C=O) groups excluding carboxylic acids is 1. The summed E-state index contributed by atoms with van der Waals surface area (Å²) in [6.45, 7) is 4.64. The predicted molar refractivity (Wildman–Crippen MR) is 108 cm³/mol. The van der Waals surface area contributed by atoms with Crippen LogP contribution in [-0.4, -0.2) is 60.1 Å². The third kappa shape index (κ3) is 3.45. The molecule has 7 heteroatoms. The molecule has 3 aliphatic heterocycles. The highest BCUT2D eigenvalue weighted by Gasteiger charge is 2.56. The van der Waals surface area contributed by atoms with Crippen molar-refractivity contribution in [3.63, 3.8) is 0 Å². The Bertz CT molecular complexity index is 842. The average Bonchev–Trinajstić information content (AvgIpc) is 2.95. The number of allylic oxidation sites excluding steroid dienone is 1. The number of esters is 1. The first-order valence-corrected chi connectivity index (χ1v) is 10.5. The van der Waals surface area contributed by atoms with Crippen LogP contribution in [-0.2, 0) is 20.8 Å². The number of methoxy groups -OCH3 is 1. The van der Waals surface area contributed by atoms with Crippen LogP contribution in [0.4, 0.5) is 0 Å². The van der Waals surface area contributed by atoms with Crippen molar-refractivity contribution in [2.75, 3.05) is 33.5 Å². The maximum absolute atomic E-state index is 13.1. The zero-order chi connectivity index (χ0) is 20.5. The van der Waals surface area contributed by atoms with Gasteiger partial charge in [0.25, 0.3) is 5.56 Å². The molecule has 7 nitrogen and oxygen atoms in total. The van der Waals surface area contributed by atoms with Crippen LogP contribution in [0, 0.1) is 17.8 Å². The van der Waals surface area contributed by atoms with E-state index in [0.717, 1.165) is 38.3 Å². The second-order valence-electron chi connectivity index (χ2n) is 8.29. The summed E-state index contributed by atoms with van der Waals surface area (Å²) in [5.74, 6) is -0.552. The molecule has 4 heterocycles. The Hall–Kier alpha value is -1.96. The van der Waals surface area contributed by atoms with Crippen molar-refractivity contribution in [1.82, 2.24) is 9.47 Å². The Kier molecular flexibility index (Phi) is 5.90. The molecular formula is C22H30N2O5. The molecule has 2 fully saturated rings. The summed E-state index contributed by atoms with van der Waals surface area (Å²) in [6, 6.07) is 3.48. The average molecular weight is 402 g/mol. The van der Waals surface area contributed by atoms with Gasteiger partial charge in [0.05, 0.1) is 19.1 Å². The Morgan fingerprint density at radius 3 is 2.76 bits per heavy atom. The first-order valence-electron chi connectivity index (χ1n) is 10.5. The molecule has 4 rings (SSSR count). The van der Waals surface area contributed by atoms with Gasteiger partial charge in [0.2, 0.25) is 0 Å². The molecule has 0 amide bonds. The minimum absolute atomic E-state index is 0.0384. The van der Waals surface area contributed by atoms with Crippen molar-refractivity contribution in [3.05, 3.63) is 39.8 Å². The number of fused-ring (bicyclic) bond motifs is 4. The number of ether oxygens (including phenoxy) is 2. The summed E-state index contributed by atoms with van der Waals surface area (Å²) in [6.07, 6.45) is 5.66. The molecule has 2 saturated heterocycles. The molecule has 0 unspecified atom stereocenters. The van der Waals surface area contributed by atoms with Crippen molar-refractivity contribution >= 4 is 12.0 Å². The molecule has 2 bridgehead atoms. The van der Waals surface area contributed by atoms with E-state index in [1.165, 1.54) is 7.11 Å². The number of aliphatic hydroxyl groups is 1. The number of hydrogen-bond donors (Lipinski definition) is 1. The molecule has 1 aromatic rings. The predicted octanol–water partition coefficient (Wildman–Crippen LogP) is 1.44. The van der Waals surface area contributed by atoms with Crippen molar-refractivity contribution in [3.8, 4) is 0 Å². The van der Waals surface area contributed by atoms with E-state index >= 15 is 0 Å². The van der Waals surface area contributed by atoms with Crippen LogP contribution < -0.4 is 5.56 Å². The number of pyridine rings is 1. The van der Waals surface area contributed by atoms with E-state index in [1.807, 2.05) is 31.2 Å². The lowest BCUT2D eigenvalue weighted by Crippen LogP contribution is -2.48. The first-order chi connectivity index (χ1) is 14.1. The van der Waals surface area contributed by atoms with E-state index in [0.29, 0.717) is 18.0 Å². The second-order valence-corrected chi connectivity index (χ2v) is 8.29. The van der Waals surface area contributed by atoms with Gasteiger partial charge < -0.3 is 19.1 Å². The van der Waals surface area contributed by atoms with Gasteiger partial charge in [-0.05, 0) is 37.8 Å². The summed E-state index contributed by atoms with van der Waals surface area (Å²) in [7, 11) is 1.39. The Labute approximate surface area is 170 Å². The van der Waals surface area contributed by atoms with Gasteiger partial charge in [-0.2, -0.15) is 0 Å². The van der Waals surface area contributed by atoms with Crippen LogP contribution in [0.25, 0.3) is 6.08 Å². The zero-order valence-corrected chi connectivity index (χ0v) is 17.1. The molecule has 1 N–H and O–H groups in total. The van der Waals surface area contributed by atoms with Crippen LogP contribution in [0.15, 0.2) is 23.0 Å². The Morgan fingerprint density at radius 1 is 1.34 bits per heavy atom. The lowest BCUT2D eigenvalue weighted by atomic mass is 9.87. The van der Waals surface area contributed by atoms with Gasteiger partial charge in [0, 0.05) is 56.1 Å². The quantitative estimate of drug-likeness (QED) is 0.751. The number of aliphatic hydroxyl groups excluding tert-OH is 1. The highest BCUT2D eigenvalue weighted by molar-refractivity contribution is 5.74. The van der Waals surface area contributed by atoms with Crippen molar-refractivity contribution in [2.45, 2.75) is 38.4 Å². The van der Waals surface area contributed by atoms with E-state index in [2.05, 4.69) is 4.90 Å². The Balaban J connectivity index is 1.78. The fourth-order valence-corrected chi connectivity index (χ4v) is 5.43. The molecule has 158 valence electrons. The van der Waals surface area contributed by atoms with Crippen molar-refractivity contribution < 1.29 is 19.4 Å². The molecule has 0 spiro atoms. The van der Waals surface area contributed by atoms with E-state index in [-0.39, 0.29) is 36.1 Å². The maximum Gasteiger partial charge on any atom is 0.311 e. The molecule has 0 aromatic carbocycles. The molecule has 3 aliphatic rings. The second kappa shape index (κ2) is 8.42. The number of rotatable bonds is 5. The van der Waals surface area contributed by atoms with Crippen LogP contribution in [0.5, 0.6) is 0 Å². The number of nitrogens with zero attached hydrogens (tertiary/aromatic N) is 2. The van der Waals surface area contributed by atoms with Crippen LogP contribution in [0.2, 0.25) is 0 Å². The largest absolute Gasteiger partial charge is 0.469 e. The van der Waals surface area contributed by atoms with Gasteiger partial charge in [-0.1, -0.05) is 12.2 Å². The van der Waals surface area contributed by atoms with Gasteiger partial charge in [-0.3, -0.25) is 14.5 Å². The summed E-state index contributed by atoms with van der Waals surface area (Å²) in [5.41, 5.74) is 1.45. The van der Waals surface area contributed by atoms with Gasteiger partial charge >= 0.3 is 5.97 Å². The number of carbonyl (C=O) groups is 1. The Morgan fingerprint density at radius 2 is 2.10 bits per heavy atom. The summed E-state index contributed by atoms with van der Waals surface area (Å²) >= 11 is 0. The molecule has 29 heavy (non-hydrogen) atoms.